The van der Waals surface area contributed by atoms with Gasteiger partial charge in [0.2, 0.25) is 5.95 Å². The van der Waals surface area contributed by atoms with Gasteiger partial charge < -0.3 is 39.6 Å². The molecule has 2 aliphatic rings. The molecular formula is C37H49N8O9P. The topological polar surface area (TPSA) is 226 Å². The first-order chi connectivity index (χ1) is 26.4. The second-order valence-corrected chi connectivity index (χ2v) is 15.6. The van der Waals surface area contributed by atoms with Crippen molar-refractivity contribution >= 4 is 42.5 Å². The Morgan fingerprint density at radius 2 is 1.51 bits per heavy atom. The van der Waals surface area contributed by atoms with Gasteiger partial charge in [0.1, 0.15) is 29.9 Å². The van der Waals surface area contributed by atoms with E-state index in [0.717, 1.165) is 37.1 Å². The Hall–Kier alpha value is -4.48. The van der Waals surface area contributed by atoms with Crippen molar-refractivity contribution < 1.29 is 43.1 Å². The van der Waals surface area contributed by atoms with E-state index < -0.39 is 62.3 Å². The maximum atomic E-state index is 15.0. The third-order valence-electron chi connectivity index (χ3n) is 9.61. The molecule has 0 unspecified atom stereocenters. The molecule has 55 heavy (non-hydrogen) atoms. The average molecular weight is 781 g/mol. The number of benzene rings is 2. The molecule has 2 fully saturated rings. The quantitative estimate of drug-likeness (QED) is 0.0767. The molecule has 2 aliphatic heterocycles. The molecule has 4 aromatic rings. The van der Waals surface area contributed by atoms with Crippen molar-refractivity contribution in [3.8, 4) is 0 Å². The second-order valence-electron chi connectivity index (χ2n) is 13.7. The van der Waals surface area contributed by atoms with Gasteiger partial charge in [0.15, 0.2) is 23.2 Å². The Balaban J connectivity index is 1.30. The fourth-order valence-electron chi connectivity index (χ4n) is 6.87. The molecule has 0 amide bonds. The first-order valence-electron chi connectivity index (χ1n) is 18.4. The Kier molecular flexibility index (Phi) is 12.8. The molecule has 0 aliphatic carbocycles. The number of carbonyl (C=O) groups excluding carboxylic acids is 2. The summed E-state index contributed by atoms with van der Waals surface area (Å²) in [4.78, 5) is 42.1. The van der Waals surface area contributed by atoms with Crippen LogP contribution >= 0.6 is 7.67 Å². The van der Waals surface area contributed by atoms with Crippen molar-refractivity contribution in [1.29, 1.82) is 0 Å². The van der Waals surface area contributed by atoms with Crippen LogP contribution in [-0.4, -0.2) is 104 Å². The Bertz CT molecular complexity index is 1890. The lowest BCUT2D eigenvalue weighted by Crippen LogP contribution is -2.47. The van der Waals surface area contributed by atoms with Crippen LogP contribution in [0.4, 0.5) is 11.8 Å². The molecule has 6 atom stereocenters. The number of rotatable bonds is 17. The SMILES string of the molecule is CCOC(=O)[C@H](Cc1ccccc1)NP(=O)(N[C@@H](Cc1ccccc1)C(=O)OCC)OC[C@H]1O[C@@H](n2cnc3c(N4CCCC4)nc(N)nc32)[C@](C)(O)[C@@H]1O. The summed E-state index contributed by atoms with van der Waals surface area (Å²) in [6.45, 7) is 5.81. The van der Waals surface area contributed by atoms with Gasteiger partial charge in [-0.05, 0) is 57.6 Å². The fourth-order valence-corrected chi connectivity index (χ4v) is 8.66. The van der Waals surface area contributed by atoms with Crippen LogP contribution in [0.2, 0.25) is 0 Å². The zero-order valence-corrected chi connectivity index (χ0v) is 32.0. The number of nitrogens with zero attached hydrogens (tertiary/aromatic N) is 5. The van der Waals surface area contributed by atoms with Crippen LogP contribution in [0.3, 0.4) is 0 Å². The van der Waals surface area contributed by atoms with Crippen LogP contribution in [0.1, 0.15) is 51.0 Å². The number of aliphatic hydroxyl groups is 2. The number of nitrogens with two attached hydrogens (primary N) is 1. The van der Waals surface area contributed by atoms with Crippen molar-refractivity contribution in [2.75, 3.05) is 43.5 Å². The molecule has 4 heterocycles. The van der Waals surface area contributed by atoms with Gasteiger partial charge in [-0.15, -0.1) is 0 Å². The highest BCUT2D eigenvalue weighted by Gasteiger charge is 2.54. The number of fused-ring (bicyclic) bond motifs is 1. The van der Waals surface area contributed by atoms with Gasteiger partial charge >= 0.3 is 19.6 Å². The summed E-state index contributed by atoms with van der Waals surface area (Å²) >= 11 is 0. The molecule has 0 radical (unpaired) electrons. The van der Waals surface area contributed by atoms with Crippen LogP contribution in [-0.2, 0) is 45.7 Å². The maximum absolute atomic E-state index is 15.0. The highest BCUT2D eigenvalue weighted by atomic mass is 31.2. The van der Waals surface area contributed by atoms with E-state index in [1.165, 1.54) is 17.8 Å². The Morgan fingerprint density at radius 3 is 2.04 bits per heavy atom. The predicted octanol–water partition coefficient (Wildman–Crippen LogP) is 2.67. The monoisotopic (exact) mass is 780 g/mol. The van der Waals surface area contributed by atoms with Crippen LogP contribution in [0.15, 0.2) is 67.0 Å². The lowest BCUT2D eigenvalue weighted by atomic mass is 9.96. The number of hydrogen-bond acceptors (Lipinski definition) is 14. The maximum Gasteiger partial charge on any atom is 0.342 e. The van der Waals surface area contributed by atoms with Crippen molar-refractivity contribution in [3.05, 3.63) is 78.1 Å². The molecule has 0 bridgehead atoms. The molecule has 17 nitrogen and oxygen atoms in total. The third kappa shape index (κ3) is 9.32. The third-order valence-corrected chi connectivity index (χ3v) is 11.4. The van der Waals surface area contributed by atoms with Gasteiger partial charge in [-0.2, -0.15) is 9.97 Å². The average Bonchev–Trinajstić information content (AvgIpc) is 3.90. The van der Waals surface area contributed by atoms with Gasteiger partial charge in [-0.1, -0.05) is 60.7 Å². The van der Waals surface area contributed by atoms with E-state index in [1.807, 2.05) is 12.1 Å². The molecule has 296 valence electrons. The van der Waals surface area contributed by atoms with Gasteiger partial charge in [-0.3, -0.25) is 18.7 Å². The van der Waals surface area contributed by atoms with E-state index in [4.69, 9.17) is 24.5 Å². The summed E-state index contributed by atoms with van der Waals surface area (Å²) in [5.74, 6) is -0.831. The molecule has 0 saturated carbocycles. The predicted molar refractivity (Wildman–Crippen MR) is 203 cm³/mol. The summed E-state index contributed by atoms with van der Waals surface area (Å²) in [6, 6.07) is 15.7. The number of nitrogen functional groups attached to an aromatic ring is 1. The van der Waals surface area contributed by atoms with Crippen molar-refractivity contribution in [2.24, 2.45) is 0 Å². The fraction of sp³-hybridized carbons (Fsp3) is 0.486. The highest BCUT2D eigenvalue weighted by Crippen LogP contribution is 2.45. The number of aliphatic hydroxyl groups excluding tert-OH is 1. The minimum absolute atomic E-state index is 0.00521. The van der Waals surface area contributed by atoms with Gasteiger partial charge in [0.05, 0.1) is 26.1 Å². The van der Waals surface area contributed by atoms with Crippen molar-refractivity contribution in [1.82, 2.24) is 29.7 Å². The molecule has 2 aromatic heterocycles. The van der Waals surface area contributed by atoms with E-state index in [0.29, 0.717) is 17.0 Å². The summed E-state index contributed by atoms with van der Waals surface area (Å²) in [5, 5.41) is 28.8. The van der Waals surface area contributed by atoms with Crippen molar-refractivity contribution in [3.63, 3.8) is 0 Å². The van der Waals surface area contributed by atoms with Crippen LogP contribution in [0, 0.1) is 0 Å². The number of aromatic nitrogens is 4. The normalized spacial score (nSPS) is 22.5. The number of imidazole rings is 1. The van der Waals surface area contributed by atoms with E-state index in [-0.39, 0.29) is 32.0 Å². The standard InChI is InChI=1S/C37H49N8O9P/c1-4-51-33(47)26(20-24-14-8-6-9-15-24)42-55(50,43-27(34(48)52-5-2)21-25-16-10-7-11-17-25)53-22-28-30(46)37(3,49)35(54-28)45-23-39-29-31(44-18-12-13-19-44)40-36(38)41-32(29)45/h6-11,14-17,23,26-28,30,35,46,49H,4-5,12-13,18-22H2,1-3H3,(H2,38,40,41)(H2,42,43,50)/t26-,27-,28+,30+,35+,37+/m0/s1. The zero-order chi connectivity index (χ0) is 39.2. The molecule has 2 saturated heterocycles. The smallest absolute Gasteiger partial charge is 0.342 e. The number of anilines is 2. The molecule has 6 N–H and O–H groups in total. The number of esters is 2. The number of hydrogen-bond donors (Lipinski definition) is 5. The summed E-state index contributed by atoms with van der Waals surface area (Å²) in [7, 11) is -4.46. The summed E-state index contributed by atoms with van der Waals surface area (Å²) < 4.78 is 39.5. The molecule has 2 aromatic carbocycles. The molecular weight excluding hydrogens is 731 g/mol. The lowest BCUT2D eigenvalue weighted by Gasteiger charge is -2.30. The van der Waals surface area contributed by atoms with E-state index >= 15 is 4.57 Å². The second kappa shape index (κ2) is 17.5. The van der Waals surface area contributed by atoms with Gasteiger partial charge in [-0.25, -0.2) is 15.2 Å². The molecule has 0 spiro atoms. The highest BCUT2D eigenvalue weighted by molar-refractivity contribution is 7.54. The van der Waals surface area contributed by atoms with Crippen LogP contribution in [0.25, 0.3) is 11.2 Å². The van der Waals surface area contributed by atoms with Crippen LogP contribution in [0.5, 0.6) is 0 Å². The Labute approximate surface area is 319 Å². The largest absolute Gasteiger partial charge is 0.465 e. The number of carbonyl (C=O) groups is 2. The van der Waals surface area contributed by atoms with Gasteiger partial charge in [0, 0.05) is 13.1 Å². The summed E-state index contributed by atoms with van der Waals surface area (Å²) in [5.41, 5.74) is 6.41. The lowest BCUT2D eigenvalue weighted by molar-refractivity contribution is -0.145. The molecule has 6 rings (SSSR count). The van der Waals surface area contributed by atoms with E-state index in [2.05, 4.69) is 30.0 Å². The van der Waals surface area contributed by atoms with E-state index in [1.54, 1.807) is 62.4 Å². The first-order valence-corrected chi connectivity index (χ1v) is 20.1. The number of nitrogens with one attached hydrogen (secondary N) is 2. The minimum atomic E-state index is -4.46. The van der Waals surface area contributed by atoms with Crippen molar-refractivity contribution in [2.45, 2.75) is 82.6 Å². The summed E-state index contributed by atoms with van der Waals surface area (Å²) in [6.07, 6.45) is -0.529. The van der Waals surface area contributed by atoms with Crippen LogP contribution < -0.4 is 20.8 Å². The minimum Gasteiger partial charge on any atom is -0.465 e. The number of ether oxygens (including phenoxy) is 3. The first kappa shape index (κ1) is 40.2. The zero-order valence-electron chi connectivity index (χ0n) is 31.1. The Morgan fingerprint density at radius 1 is 0.964 bits per heavy atom. The molecule has 18 heteroatoms. The van der Waals surface area contributed by atoms with Gasteiger partial charge in [0.25, 0.3) is 0 Å². The van der Waals surface area contributed by atoms with E-state index in [9.17, 15) is 19.8 Å².